The van der Waals surface area contributed by atoms with Crippen LogP contribution in [0, 0.1) is 0 Å². The highest BCUT2D eigenvalue weighted by molar-refractivity contribution is 5.99. The van der Waals surface area contributed by atoms with Crippen molar-refractivity contribution < 1.29 is 4.79 Å². The highest BCUT2D eigenvalue weighted by atomic mass is 16.2. The van der Waals surface area contributed by atoms with Gasteiger partial charge in [-0.05, 0) is 17.2 Å². The van der Waals surface area contributed by atoms with E-state index >= 15 is 0 Å². The predicted octanol–water partition coefficient (Wildman–Crippen LogP) is 2.19. The molecule has 0 aliphatic carbocycles. The lowest BCUT2D eigenvalue weighted by atomic mass is 9.98. The minimum Gasteiger partial charge on any atom is -0.329 e. The van der Waals surface area contributed by atoms with Gasteiger partial charge in [-0.1, -0.05) is 48.5 Å². The zero-order chi connectivity index (χ0) is 13.2. The van der Waals surface area contributed by atoms with E-state index in [4.69, 9.17) is 5.73 Å². The second kappa shape index (κ2) is 4.86. The molecular formula is C16H16N2O. The summed E-state index contributed by atoms with van der Waals surface area (Å²) in [6.07, 6.45) is 0. The van der Waals surface area contributed by atoms with Crippen LogP contribution in [0.1, 0.15) is 27.5 Å². The first-order chi connectivity index (χ1) is 9.33. The Hall–Kier alpha value is -2.13. The molecular weight excluding hydrogens is 236 g/mol. The Morgan fingerprint density at radius 2 is 1.68 bits per heavy atom. The third kappa shape index (κ3) is 1.92. The van der Waals surface area contributed by atoms with Crippen molar-refractivity contribution in [3.8, 4) is 0 Å². The third-order valence-electron chi connectivity index (χ3n) is 3.54. The van der Waals surface area contributed by atoms with E-state index in [0.717, 1.165) is 16.7 Å². The van der Waals surface area contributed by atoms with Crippen LogP contribution in [-0.2, 0) is 0 Å². The average Bonchev–Trinajstić information content (AvgIpc) is 2.74. The van der Waals surface area contributed by atoms with Crippen molar-refractivity contribution in [2.75, 3.05) is 13.1 Å². The minimum atomic E-state index is -0.00606. The maximum Gasteiger partial charge on any atom is 0.255 e. The summed E-state index contributed by atoms with van der Waals surface area (Å²) < 4.78 is 0. The zero-order valence-electron chi connectivity index (χ0n) is 10.6. The number of benzene rings is 2. The third-order valence-corrected chi connectivity index (χ3v) is 3.54. The molecule has 19 heavy (non-hydrogen) atoms. The van der Waals surface area contributed by atoms with Crippen molar-refractivity contribution in [2.24, 2.45) is 5.73 Å². The SMILES string of the molecule is NCCN1C(=O)c2ccccc2C1c1ccccc1. The number of fused-ring (bicyclic) bond motifs is 1. The van der Waals surface area contributed by atoms with Gasteiger partial charge in [0, 0.05) is 18.7 Å². The largest absolute Gasteiger partial charge is 0.329 e. The molecule has 3 heteroatoms. The fourth-order valence-electron chi connectivity index (χ4n) is 2.73. The summed E-state index contributed by atoms with van der Waals surface area (Å²) in [4.78, 5) is 14.3. The topological polar surface area (TPSA) is 46.3 Å². The van der Waals surface area contributed by atoms with E-state index in [1.54, 1.807) is 0 Å². The fraction of sp³-hybridized carbons (Fsp3) is 0.188. The number of amides is 1. The summed E-state index contributed by atoms with van der Waals surface area (Å²) in [7, 11) is 0. The summed E-state index contributed by atoms with van der Waals surface area (Å²) in [6, 6.07) is 17.9. The normalized spacial score (nSPS) is 17.6. The van der Waals surface area contributed by atoms with Crippen LogP contribution in [0.25, 0.3) is 0 Å². The quantitative estimate of drug-likeness (QED) is 0.910. The van der Waals surface area contributed by atoms with Crippen molar-refractivity contribution in [1.29, 1.82) is 0 Å². The van der Waals surface area contributed by atoms with E-state index in [-0.39, 0.29) is 11.9 Å². The molecule has 2 aromatic rings. The molecule has 3 nitrogen and oxygen atoms in total. The maximum absolute atomic E-state index is 12.4. The van der Waals surface area contributed by atoms with E-state index < -0.39 is 0 Å². The molecule has 0 aromatic heterocycles. The van der Waals surface area contributed by atoms with Gasteiger partial charge in [0.05, 0.1) is 6.04 Å². The molecule has 1 heterocycles. The van der Waals surface area contributed by atoms with Crippen LogP contribution in [0.5, 0.6) is 0 Å². The zero-order valence-corrected chi connectivity index (χ0v) is 10.6. The van der Waals surface area contributed by atoms with Crippen molar-refractivity contribution >= 4 is 5.91 Å². The molecule has 0 saturated heterocycles. The first-order valence-electron chi connectivity index (χ1n) is 6.48. The summed E-state index contributed by atoms with van der Waals surface area (Å²) in [5.41, 5.74) is 8.66. The molecule has 0 saturated carbocycles. The van der Waals surface area contributed by atoms with Crippen molar-refractivity contribution in [3.05, 3.63) is 71.3 Å². The van der Waals surface area contributed by atoms with Crippen molar-refractivity contribution in [3.63, 3.8) is 0 Å². The standard InChI is InChI=1S/C16H16N2O/c17-10-11-18-15(12-6-2-1-3-7-12)13-8-4-5-9-14(13)16(18)19/h1-9,15H,10-11,17H2. The van der Waals surface area contributed by atoms with Crippen LogP contribution in [0.4, 0.5) is 0 Å². The summed E-state index contributed by atoms with van der Waals surface area (Å²) in [6.45, 7) is 1.05. The van der Waals surface area contributed by atoms with Crippen LogP contribution in [-0.4, -0.2) is 23.9 Å². The van der Waals surface area contributed by atoms with Gasteiger partial charge in [-0.3, -0.25) is 4.79 Å². The number of carbonyl (C=O) groups excluding carboxylic acids is 1. The summed E-state index contributed by atoms with van der Waals surface area (Å²) >= 11 is 0. The van der Waals surface area contributed by atoms with Gasteiger partial charge in [0.1, 0.15) is 0 Å². The van der Waals surface area contributed by atoms with E-state index in [1.807, 2.05) is 47.4 Å². The van der Waals surface area contributed by atoms with Crippen LogP contribution >= 0.6 is 0 Å². The van der Waals surface area contributed by atoms with Gasteiger partial charge in [-0.2, -0.15) is 0 Å². The lowest BCUT2D eigenvalue weighted by Gasteiger charge is -2.25. The van der Waals surface area contributed by atoms with Crippen LogP contribution in [0.3, 0.4) is 0 Å². The monoisotopic (exact) mass is 252 g/mol. The Morgan fingerprint density at radius 1 is 1.00 bits per heavy atom. The molecule has 0 fully saturated rings. The molecule has 2 aromatic carbocycles. The number of carbonyl (C=O) groups is 1. The molecule has 1 aliphatic heterocycles. The van der Waals surface area contributed by atoms with Crippen molar-refractivity contribution in [2.45, 2.75) is 6.04 Å². The molecule has 96 valence electrons. The van der Waals surface area contributed by atoms with Crippen LogP contribution in [0.15, 0.2) is 54.6 Å². The molecule has 1 atom stereocenters. The van der Waals surface area contributed by atoms with E-state index in [0.29, 0.717) is 13.1 Å². The fourth-order valence-corrected chi connectivity index (χ4v) is 2.73. The highest BCUT2D eigenvalue weighted by Gasteiger charge is 2.36. The first kappa shape index (κ1) is 11.9. The molecule has 0 spiro atoms. The second-order valence-electron chi connectivity index (χ2n) is 4.69. The Labute approximate surface area is 112 Å². The number of hydrogen-bond acceptors (Lipinski definition) is 2. The number of nitrogens with two attached hydrogens (primary N) is 1. The smallest absolute Gasteiger partial charge is 0.255 e. The molecule has 3 rings (SSSR count). The molecule has 1 unspecified atom stereocenters. The van der Waals surface area contributed by atoms with Crippen LogP contribution < -0.4 is 5.73 Å². The lowest BCUT2D eigenvalue weighted by Crippen LogP contribution is -2.33. The van der Waals surface area contributed by atoms with Gasteiger partial charge in [0.25, 0.3) is 5.91 Å². The minimum absolute atomic E-state index is 0.00606. The van der Waals surface area contributed by atoms with E-state index in [9.17, 15) is 4.79 Å². The van der Waals surface area contributed by atoms with Gasteiger partial charge in [-0.15, -0.1) is 0 Å². The number of rotatable bonds is 3. The van der Waals surface area contributed by atoms with Gasteiger partial charge in [0.2, 0.25) is 0 Å². The summed E-state index contributed by atoms with van der Waals surface area (Å²) in [5.74, 6) is 0.0786. The summed E-state index contributed by atoms with van der Waals surface area (Å²) in [5, 5.41) is 0. The Balaban J connectivity index is 2.11. The van der Waals surface area contributed by atoms with Gasteiger partial charge >= 0.3 is 0 Å². The Kier molecular flexibility index (Phi) is 3.05. The Morgan fingerprint density at radius 3 is 2.42 bits per heavy atom. The molecule has 2 N–H and O–H groups in total. The number of hydrogen-bond donors (Lipinski definition) is 1. The maximum atomic E-state index is 12.4. The average molecular weight is 252 g/mol. The molecule has 0 radical (unpaired) electrons. The number of nitrogens with zero attached hydrogens (tertiary/aromatic N) is 1. The predicted molar refractivity (Wildman–Crippen MR) is 74.8 cm³/mol. The van der Waals surface area contributed by atoms with Gasteiger partial charge in [0.15, 0.2) is 0 Å². The van der Waals surface area contributed by atoms with E-state index in [2.05, 4.69) is 12.1 Å². The van der Waals surface area contributed by atoms with Gasteiger partial charge < -0.3 is 10.6 Å². The lowest BCUT2D eigenvalue weighted by molar-refractivity contribution is 0.0755. The van der Waals surface area contributed by atoms with E-state index in [1.165, 1.54) is 0 Å². The molecule has 1 amide bonds. The molecule has 0 bridgehead atoms. The van der Waals surface area contributed by atoms with Crippen molar-refractivity contribution in [1.82, 2.24) is 4.90 Å². The molecule has 1 aliphatic rings. The second-order valence-corrected chi connectivity index (χ2v) is 4.69. The highest BCUT2D eigenvalue weighted by Crippen LogP contribution is 2.37. The Bertz CT molecular complexity index is 595. The van der Waals surface area contributed by atoms with Crippen LogP contribution in [0.2, 0.25) is 0 Å². The first-order valence-corrected chi connectivity index (χ1v) is 6.48. The van der Waals surface area contributed by atoms with Gasteiger partial charge in [-0.25, -0.2) is 0 Å².